The van der Waals surface area contributed by atoms with Crippen molar-refractivity contribution < 1.29 is 23.1 Å². The summed E-state index contributed by atoms with van der Waals surface area (Å²) in [5, 5.41) is 10.3. The second-order valence-electron chi connectivity index (χ2n) is 6.96. The molecule has 2 aromatic rings. The first-order valence-corrected chi connectivity index (χ1v) is 11.3. The maximum absolute atomic E-state index is 13.8. The molecule has 0 saturated carbocycles. The number of ether oxygens (including phenoxy) is 1. The molecular formula is C23H27NO5S. The van der Waals surface area contributed by atoms with Gasteiger partial charge in [0.25, 0.3) is 0 Å². The maximum Gasteiger partial charge on any atom is 0.331 e. The molecule has 2 atom stereocenters. The van der Waals surface area contributed by atoms with Crippen LogP contribution in [-0.2, 0) is 19.4 Å². The highest BCUT2D eigenvalue weighted by molar-refractivity contribution is 7.93. The molecule has 0 radical (unpaired) electrons. The van der Waals surface area contributed by atoms with Crippen LogP contribution in [0.5, 0.6) is 5.75 Å². The molecule has 1 aromatic carbocycles. The summed E-state index contributed by atoms with van der Waals surface area (Å²) >= 11 is 0. The third-order valence-corrected chi connectivity index (χ3v) is 7.54. The van der Waals surface area contributed by atoms with E-state index in [1.807, 2.05) is 0 Å². The minimum absolute atomic E-state index is 0.0728. The van der Waals surface area contributed by atoms with Crippen molar-refractivity contribution in [3.8, 4) is 17.6 Å². The molecule has 6 nitrogen and oxygen atoms in total. The van der Waals surface area contributed by atoms with Crippen molar-refractivity contribution in [1.29, 1.82) is 0 Å². The van der Waals surface area contributed by atoms with Crippen molar-refractivity contribution in [2.75, 3.05) is 7.11 Å². The van der Waals surface area contributed by atoms with Crippen LogP contribution in [-0.4, -0.2) is 31.6 Å². The van der Waals surface area contributed by atoms with E-state index in [9.17, 15) is 18.3 Å². The number of carbonyl (C=O) groups is 1. The van der Waals surface area contributed by atoms with Gasteiger partial charge in [-0.05, 0) is 43.7 Å². The van der Waals surface area contributed by atoms with E-state index in [-0.39, 0.29) is 10.5 Å². The van der Waals surface area contributed by atoms with E-state index < -0.39 is 26.5 Å². The Balaban J connectivity index is 2.66. The number of methoxy groups -OCH3 is 1. The average Bonchev–Trinajstić information content (AvgIpc) is 2.74. The van der Waals surface area contributed by atoms with Gasteiger partial charge in [-0.25, -0.2) is 8.42 Å². The fourth-order valence-electron chi connectivity index (χ4n) is 3.38. The number of rotatable bonds is 9. The van der Waals surface area contributed by atoms with Gasteiger partial charge in [-0.1, -0.05) is 31.8 Å². The number of nitrogens with zero attached hydrogens (tertiary/aromatic N) is 1. The average molecular weight is 430 g/mol. The lowest BCUT2D eigenvalue weighted by molar-refractivity contribution is -0.141. The van der Waals surface area contributed by atoms with Crippen LogP contribution in [0, 0.1) is 17.8 Å². The number of hydrogen-bond acceptors (Lipinski definition) is 5. The lowest BCUT2D eigenvalue weighted by Crippen LogP contribution is -2.48. The van der Waals surface area contributed by atoms with Crippen LogP contribution in [0.3, 0.4) is 0 Å². The molecule has 2 unspecified atom stereocenters. The van der Waals surface area contributed by atoms with Gasteiger partial charge >= 0.3 is 5.97 Å². The van der Waals surface area contributed by atoms with Gasteiger partial charge in [-0.2, -0.15) is 0 Å². The Morgan fingerprint density at radius 3 is 2.47 bits per heavy atom. The predicted molar refractivity (Wildman–Crippen MR) is 115 cm³/mol. The topological polar surface area (TPSA) is 93.6 Å². The third-order valence-electron chi connectivity index (χ3n) is 5.04. The van der Waals surface area contributed by atoms with Crippen LogP contribution in [0.1, 0.15) is 45.1 Å². The highest BCUT2D eigenvalue weighted by Gasteiger charge is 2.57. The van der Waals surface area contributed by atoms with Crippen molar-refractivity contribution >= 4 is 15.8 Å². The van der Waals surface area contributed by atoms with Crippen LogP contribution in [0.15, 0.2) is 53.7 Å². The lowest BCUT2D eigenvalue weighted by Gasteiger charge is -2.32. The molecule has 0 fully saturated rings. The van der Waals surface area contributed by atoms with E-state index in [2.05, 4.69) is 23.7 Å². The summed E-state index contributed by atoms with van der Waals surface area (Å²) in [6, 6.07) is 8.68. The van der Waals surface area contributed by atoms with Crippen LogP contribution in [0.25, 0.3) is 0 Å². The normalized spacial score (nSPS) is 14.1. The first-order chi connectivity index (χ1) is 14.3. The second kappa shape index (κ2) is 10.3. The van der Waals surface area contributed by atoms with Gasteiger partial charge in [-0.15, -0.1) is 5.92 Å². The van der Waals surface area contributed by atoms with Crippen LogP contribution in [0.2, 0.25) is 0 Å². The molecule has 7 heteroatoms. The number of unbranched alkanes of at least 4 members (excludes halogenated alkanes) is 3. The van der Waals surface area contributed by atoms with Crippen molar-refractivity contribution in [3.63, 3.8) is 0 Å². The quantitative estimate of drug-likeness (QED) is 0.477. The zero-order valence-corrected chi connectivity index (χ0v) is 18.3. The fourth-order valence-corrected chi connectivity index (χ4v) is 5.43. The number of pyridine rings is 1. The molecule has 0 aliphatic carbocycles. The summed E-state index contributed by atoms with van der Waals surface area (Å²) in [7, 11) is -2.92. The van der Waals surface area contributed by atoms with Crippen molar-refractivity contribution in [2.45, 2.75) is 49.2 Å². The Morgan fingerprint density at radius 2 is 1.93 bits per heavy atom. The van der Waals surface area contributed by atoms with Gasteiger partial charge < -0.3 is 9.84 Å². The molecular weight excluding hydrogens is 402 g/mol. The molecule has 0 spiro atoms. The zero-order chi connectivity index (χ0) is 22.2. The van der Waals surface area contributed by atoms with Gasteiger partial charge in [0, 0.05) is 24.4 Å². The Hall–Kier alpha value is -2.85. The van der Waals surface area contributed by atoms with Crippen molar-refractivity contribution in [2.24, 2.45) is 5.92 Å². The SMILES string of the molecule is CCCCCC#CC(C)C(C(=O)O)(c1cccnc1)S(=O)(=O)c1ccc(OC)cc1. The Kier molecular flexibility index (Phi) is 8.01. The molecule has 0 aliphatic heterocycles. The number of aliphatic carboxylic acids is 1. The Labute approximate surface area is 178 Å². The molecule has 1 aromatic heterocycles. The van der Waals surface area contributed by atoms with E-state index in [1.54, 1.807) is 0 Å². The first-order valence-electron chi connectivity index (χ1n) is 9.83. The minimum atomic E-state index is -4.38. The molecule has 0 bridgehead atoms. The molecule has 2 rings (SSSR count). The van der Waals surface area contributed by atoms with Crippen LogP contribution >= 0.6 is 0 Å². The summed E-state index contributed by atoms with van der Waals surface area (Å²) in [4.78, 5) is 16.5. The summed E-state index contributed by atoms with van der Waals surface area (Å²) < 4.78 is 30.3. The van der Waals surface area contributed by atoms with Gasteiger partial charge in [0.1, 0.15) is 5.75 Å². The van der Waals surface area contributed by atoms with Crippen molar-refractivity contribution in [3.05, 3.63) is 54.4 Å². The van der Waals surface area contributed by atoms with Gasteiger partial charge in [0.15, 0.2) is 9.84 Å². The summed E-state index contributed by atoms with van der Waals surface area (Å²) in [6.07, 6.45) is 6.28. The summed E-state index contributed by atoms with van der Waals surface area (Å²) in [6.45, 7) is 3.62. The number of benzene rings is 1. The monoisotopic (exact) mass is 429 g/mol. The van der Waals surface area contributed by atoms with Crippen LogP contribution < -0.4 is 4.74 Å². The smallest absolute Gasteiger partial charge is 0.331 e. The van der Waals surface area contributed by atoms with Gasteiger partial charge in [-0.3, -0.25) is 9.78 Å². The van der Waals surface area contributed by atoms with E-state index in [1.165, 1.54) is 62.8 Å². The maximum atomic E-state index is 13.8. The van der Waals surface area contributed by atoms with E-state index in [0.29, 0.717) is 12.2 Å². The number of carboxylic acid groups (broad SMARTS) is 1. The number of aromatic nitrogens is 1. The fraction of sp³-hybridized carbons (Fsp3) is 0.391. The molecule has 0 saturated heterocycles. The summed E-state index contributed by atoms with van der Waals surface area (Å²) in [5.74, 6) is 3.85. The first kappa shape index (κ1) is 23.4. The van der Waals surface area contributed by atoms with E-state index in [4.69, 9.17) is 4.74 Å². The Morgan fingerprint density at radius 1 is 1.23 bits per heavy atom. The largest absolute Gasteiger partial charge is 0.497 e. The highest BCUT2D eigenvalue weighted by Crippen LogP contribution is 2.42. The van der Waals surface area contributed by atoms with Gasteiger partial charge in [0.2, 0.25) is 4.75 Å². The molecule has 30 heavy (non-hydrogen) atoms. The third kappa shape index (κ3) is 4.49. The molecule has 0 amide bonds. The number of hydrogen-bond donors (Lipinski definition) is 1. The summed E-state index contributed by atoms with van der Waals surface area (Å²) in [5.41, 5.74) is 0.0728. The van der Waals surface area contributed by atoms with Crippen molar-refractivity contribution in [1.82, 2.24) is 4.98 Å². The predicted octanol–water partition coefficient (Wildman–Crippen LogP) is 4.06. The standard InChI is InChI=1S/C23H27NO5S/c1-4-5-6-7-8-10-18(2)23(22(25)26,19-11-9-16-24-17-19)30(27,28)21-14-12-20(29-3)13-15-21/h9,11-18H,4-7H2,1-3H3,(H,25,26). The zero-order valence-electron chi connectivity index (χ0n) is 17.5. The van der Waals surface area contributed by atoms with Gasteiger partial charge in [0.05, 0.1) is 17.9 Å². The second-order valence-corrected chi connectivity index (χ2v) is 9.08. The van der Waals surface area contributed by atoms with E-state index >= 15 is 0 Å². The highest BCUT2D eigenvalue weighted by atomic mass is 32.2. The Bertz CT molecular complexity index is 1010. The number of carboxylic acids is 1. The minimum Gasteiger partial charge on any atom is -0.497 e. The molecule has 1 heterocycles. The number of sulfone groups is 1. The van der Waals surface area contributed by atoms with E-state index in [0.717, 1.165) is 19.3 Å². The molecule has 0 aliphatic rings. The lowest BCUT2D eigenvalue weighted by atomic mass is 9.87. The van der Waals surface area contributed by atoms with Crippen LogP contribution in [0.4, 0.5) is 0 Å². The molecule has 160 valence electrons. The molecule has 1 N–H and O–H groups in total.